The summed E-state index contributed by atoms with van der Waals surface area (Å²) >= 11 is 0. The number of rotatable bonds is 4. The first-order valence-electron chi connectivity index (χ1n) is 8.99. The topological polar surface area (TPSA) is 42.4 Å². The van der Waals surface area contributed by atoms with E-state index in [1.807, 2.05) is 49.1 Å². The van der Waals surface area contributed by atoms with Gasteiger partial charge < -0.3 is 9.64 Å². The number of carbonyl (C=O) groups excluding carboxylic acids is 1. The Kier molecular flexibility index (Phi) is 5.37. The van der Waals surface area contributed by atoms with E-state index in [1.165, 1.54) is 0 Å². The van der Waals surface area contributed by atoms with Gasteiger partial charge in [-0.15, -0.1) is 0 Å². The summed E-state index contributed by atoms with van der Waals surface area (Å²) in [6, 6.07) is 11.7. The van der Waals surface area contributed by atoms with Gasteiger partial charge in [0.25, 0.3) is 5.91 Å². The van der Waals surface area contributed by atoms with Crippen LogP contribution >= 0.6 is 0 Å². The van der Waals surface area contributed by atoms with Crippen LogP contribution in [0.4, 0.5) is 0 Å². The Bertz CT molecular complexity index is 729. The van der Waals surface area contributed by atoms with Crippen molar-refractivity contribution in [3.63, 3.8) is 0 Å². The summed E-state index contributed by atoms with van der Waals surface area (Å²) in [5, 5.41) is 0. The number of aryl methyl sites for hydroxylation is 2. The number of pyridine rings is 1. The van der Waals surface area contributed by atoms with Gasteiger partial charge >= 0.3 is 0 Å². The Morgan fingerprint density at radius 1 is 1.12 bits per heavy atom. The lowest BCUT2D eigenvalue weighted by atomic mass is 9.99. The van der Waals surface area contributed by atoms with Crippen molar-refractivity contribution in [1.29, 1.82) is 0 Å². The van der Waals surface area contributed by atoms with Gasteiger partial charge in [-0.25, -0.2) is 4.98 Å². The second-order valence-corrected chi connectivity index (χ2v) is 7.00. The molecule has 0 N–H and O–H groups in total. The molecule has 3 rings (SSSR count). The molecule has 4 heteroatoms. The molecule has 4 nitrogen and oxygen atoms in total. The summed E-state index contributed by atoms with van der Waals surface area (Å²) in [6.07, 6.45) is 2.14. The fraction of sp³-hybridized carbons (Fsp3) is 0.429. The average Bonchev–Trinajstić information content (AvgIpc) is 2.62. The van der Waals surface area contributed by atoms with Gasteiger partial charge in [-0.05, 0) is 55.9 Å². The van der Waals surface area contributed by atoms with E-state index in [-0.39, 0.29) is 5.91 Å². The van der Waals surface area contributed by atoms with Crippen molar-refractivity contribution in [3.05, 3.63) is 58.9 Å². The fourth-order valence-electron chi connectivity index (χ4n) is 3.23. The van der Waals surface area contributed by atoms with E-state index in [0.717, 1.165) is 48.5 Å². The van der Waals surface area contributed by atoms with Crippen LogP contribution in [0.1, 0.15) is 47.1 Å². The number of para-hydroxylation sites is 1. The molecule has 1 fully saturated rings. The molecular weight excluding hydrogens is 312 g/mol. The number of amides is 1. The zero-order valence-electron chi connectivity index (χ0n) is 15.3. The molecule has 0 unspecified atom stereocenters. The first kappa shape index (κ1) is 17.5. The molecule has 1 aliphatic rings. The summed E-state index contributed by atoms with van der Waals surface area (Å²) < 4.78 is 5.96. The van der Waals surface area contributed by atoms with E-state index >= 15 is 0 Å². The van der Waals surface area contributed by atoms with E-state index in [2.05, 4.69) is 11.9 Å². The first-order valence-corrected chi connectivity index (χ1v) is 8.99. The number of piperidine rings is 1. The normalized spacial score (nSPS) is 15.2. The van der Waals surface area contributed by atoms with Crippen LogP contribution in [-0.4, -0.2) is 28.9 Å². The van der Waals surface area contributed by atoms with Crippen molar-refractivity contribution in [2.75, 3.05) is 13.1 Å². The molecule has 2 heterocycles. The predicted octanol–water partition coefficient (Wildman–Crippen LogP) is 4.15. The minimum absolute atomic E-state index is 0.0285. The highest BCUT2D eigenvalue weighted by atomic mass is 16.5. The van der Waals surface area contributed by atoms with Crippen molar-refractivity contribution in [3.8, 4) is 5.75 Å². The summed E-state index contributed by atoms with van der Waals surface area (Å²) in [6.45, 7) is 8.32. The van der Waals surface area contributed by atoms with Crippen LogP contribution in [0.15, 0.2) is 36.4 Å². The van der Waals surface area contributed by atoms with Crippen molar-refractivity contribution < 1.29 is 9.53 Å². The van der Waals surface area contributed by atoms with Crippen molar-refractivity contribution in [1.82, 2.24) is 9.88 Å². The monoisotopic (exact) mass is 338 g/mol. The molecule has 0 spiro atoms. The minimum Gasteiger partial charge on any atom is -0.487 e. The molecule has 1 aromatic carbocycles. The lowest BCUT2D eigenvalue weighted by molar-refractivity contribution is 0.0690. The van der Waals surface area contributed by atoms with Crippen LogP contribution in [0.2, 0.25) is 0 Å². The number of ether oxygens (including phenoxy) is 1. The van der Waals surface area contributed by atoms with E-state index < -0.39 is 0 Å². The lowest BCUT2D eigenvalue weighted by Gasteiger charge is -2.30. The number of hydrogen-bond donors (Lipinski definition) is 0. The Hall–Kier alpha value is -2.36. The average molecular weight is 338 g/mol. The largest absolute Gasteiger partial charge is 0.487 e. The smallest absolute Gasteiger partial charge is 0.272 e. The minimum atomic E-state index is 0.0285. The summed E-state index contributed by atoms with van der Waals surface area (Å²) in [5.41, 5.74) is 3.50. The molecule has 0 atom stereocenters. The van der Waals surface area contributed by atoms with Gasteiger partial charge in [0, 0.05) is 13.1 Å². The molecule has 0 saturated carbocycles. The molecule has 0 radical (unpaired) electrons. The van der Waals surface area contributed by atoms with Gasteiger partial charge in [0.05, 0.1) is 5.69 Å². The van der Waals surface area contributed by atoms with Crippen LogP contribution in [0.5, 0.6) is 5.75 Å². The molecule has 1 aromatic heterocycles. The van der Waals surface area contributed by atoms with E-state index in [1.54, 1.807) is 6.07 Å². The molecule has 1 aliphatic heterocycles. The molecule has 1 saturated heterocycles. The number of hydrogen-bond acceptors (Lipinski definition) is 3. The van der Waals surface area contributed by atoms with Crippen LogP contribution in [0.25, 0.3) is 0 Å². The lowest BCUT2D eigenvalue weighted by Crippen LogP contribution is -2.38. The Morgan fingerprint density at radius 3 is 2.44 bits per heavy atom. The number of likely N-dealkylation sites (tertiary alicyclic amines) is 1. The second kappa shape index (κ2) is 7.68. The van der Waals surface area contributed by atoms with Crippen molar-refractivity contribution >= 4 is 5.91 Å². The predicted molar refractivity (Wildman–Crippen MR) is 98.8 cm³/mol. The van der Waals surface area contributed by atoms with Crippen LogP contribution < -0.4 is 4.74 Å². The van der Waals surface area contributed by atoms with Gasteiger partial charge in [0.2, 0.25) is 0 Å². The Labute approximate surface area is 149 Å². The quantitative estimate of drug-likeness (QED) is 0.841. The van der Waals surface area contributed by atoms with Crippen LogP contribution in [0.3, 0.4) is 0 Å². The number of carbonyl (C=O) groups is 1. The standard InChI is InChI=1S/C21H26N2O2/c1-15-10-12-23(13-11-15)21(24)19-9-5-8-18(22-19)14-25-20-16(2)6-4-7-17(20)3/h4-9,15H,10-14H2,1-3H3. The molecule has 25 heavy (non-hydrogen) atoms. The fourth-order valence-corrected chi connectivity index (χ4v) is 3.23. The van der Waals surface area contributed by atoms with Crippen molar-refractivity contribution in [2.24, 2.45) is 5.92 Å². The third-order valence-electron chi connectivity index (χ3n) is 4.87. The third kappa shape index (κ3) is 4.19. The van der Waals surface area contributed by atoms with Gasteiger partial charge in [-0.2, -0.15) is 0 Å². The molecule has 0 aliphatic carbocycles. The highest BCUT2D eigenvalue weighted by molar-refractivity contribution is 5.92. The SMILES string of the molecule is Cc1cccc(C)c1OCc1cccc(C(=O)N2CCC(C)CC2)n1. The summed E-state index contributed by atoms with van der Waals surface area (Å²) in [5.74, 6) is 1.63. The maximum Gasteiger partial charge on any atom is 0.272 e. The summed E-state index contributed by atoms with van der Waals surface area (Å²) in [4.78, 5) is 19.1. The van der Waals surface area contributed by atoms with E-state index in [4.69, 9.17) is 4.74 Å². The second-order valence-electron chi connectivity index (χ2n) is 7.00. The van der Waals surface area contributed by atoms with Crippen molar-refractivity contribution in [2.45, 2.75) is 40.2 Å². The zero-order valence-corrected chi connectivity index (χ0v) is 15.3. The van der Waals surface area contributed by atoms with E-state index in [0.29, 0.717) is 18.2 Å². The summed E-state index contributed by atoms with van der Waals surface area (Å²) in [7, 11) is 0. The Morgan fingerprint density at radius 2 is 1.76 bits per heavy atom. The van der Waals surface area contributed by atoms with Gasteiger partial charge in [0.15, 0.2) is 0 Å². The number of benzene rings is 1. The van der Waals surface area contributed by atoms with Gasteiger partial charge in [-0.1, -0.05) is 31.2 Å². The maximum absolute atomic E-state index is 12.7. The van der Waals surface area contributed by atoms with Gasteiger partial charge in [-0.3, -0.25) is 4.79 Å². The molecular formula is C21H26N2O2. The molecule has 132 valence electrons. The van der Waals surface area contributed by atoms with Crippen LogP contribution in [0, 0.1) is 19.8 Å². The highest BCUT2D eigenvalue weighted by Crippen LogP contribution is 2.23. The molecule has 2 aromatic rings. The highest BCUT2D eigenvalue weighted by Gasteiger charge is 2.22. The molecule has 0 bridgehead atoms. The number of nitrogens with zero attached hydrogens (tertiary/aromatic N) is 2. The van der Waals surface area contributed by atoms with Gasteiger partial charge in [0.1, 0.15) is 18.1 Å². The van der Waals surface area contributed by atoms with Crippen LogP contribution in [-0.2, 0) is 6.61 Å². The molecule has 1 amide bonds. The first-order chi connectivity index (χ1) is 12.0. The number of aromatic nitrogens is 1. The van der Waals surface area contributed by atoms with E-state index in [9.17, 15) is 4.79 Å². The maximum atomic E-state index is 12.7. The third-order valence-corrected chi connectivity index (χ3v) is 4.87. The zero-order chi connectivity index (χ0) is 17.8. The Balaban J connectivity index is 1.68.